The van der Waals surface area contributed by atoms with Gasteiger partial charge in [-0.15, -0.1) is 0 Å². The molecule has 0 saturated carbocycles. The summed E-state index contributed by atoms with van der Waals surface area (Å²) in [7, 11) is 0. The van der Waals surface area contributed by atoms with Gasteiger partial charge in [-0.1, -0.05) is 0 Å². The molecule has 1 aromatic rings. The molecule has 1 fully saturated rings. The van der Waals surface area contributed by atoms with Gasteiger partial charge in [0, 0.05) is 19.7 Å². The summed E-state index contributed by atoms with van der Waals surface area (Å²) in [4.78, 5) is 12.0. The van der Waals surface area contributed by atoms with Gasteiger partial charge in [-0.25, -0.2) is 0 Å². The molecule has 1 aromatic heterocycles. The zero-order chi connectivity index (χ0) is 12.3. The number of amides is 1. The molecule has 2 heterocycles. The summed E-state index contributed by atoms with van der Waals surface area (Å²) in [6.07, 6.45) is 3.71. The number of nitrogens with two attached hydrogens (primary N) is 1. The highest BCUT2D eigenvalue weighted by Gasteiger charge is 2.19. The van der Waals surface area contributed by atoms with E-state index in [1.54, 1.807) is 4.68 Å². The molecule has 1 atom stereocenters. The SMILES string of the molecule is CCn1ncc(N)c1C(=O)NCC1CCCO1. The number of carbonyl (C=O) groups is 1. The Morgan fingerprint density at radius 3 is 3.24 bits per heavy atom. The Hall–Kier alpha value is -1.56. The number of aryl methyl sites for hydroxylation is 1. The zero-order valence-corrected chi connectivity index (χ0v) is 9.98. The first-order valence-electron chi connectivity index (χ1n) is 5.93. The maximum Gasteiger partial charge on any atom is 0.271 e. The second-order valence-electron chi connectivity index (χ2n) is 4.11. The molecule has 3 N–H and O–H groups in total. The van der Waals surface area contributed by atoms with Crippen molar-refractivity contribution < 1.29 is 9.53 Å². The number of ether oxygens (including phenoxy) is 1. The maximum absolute atomic E-state index is 12.0. The van der Waals surface area contributed by atoms with Crippen LogP contribution in [0.3, 0.4) is 0 Å². The smallest absolute Gasteiger partial charge is 0.271 e. The van der Waals surface area contributed by atoms with Crippen LogP contribution in [0, 0.1) is 0 Å². The molecular weight excluding hydrogens is 220 g/mol. The van der Waals surface area contributed by atoms with Gasteiger partial charge < -0.3 is 15.8 Å². The van der Waals surface area contributed by atoms with Crippen molar-refractivity contribution in [3.05, 3.63) is 11.9 Å². The Morgan fingerprint density at radius 1 is 1.76 bits per heavy atom. The Labute approximate surface area is 100 Å². The van der Waals surface area contributed by atoms with Crippen molar-refractivity contribution in [1.29, 1.82) is 0 Å². The van der Waals surface area contributed by atoms with Crippen LogP contribution in [0.15, 0.2) is 6.20 Å². The molecule has 1 aliphatic rings. The lowest BCUT2D eigenvalue weighted by molar-refractivity contribution is 0.0850. The third-order valence-electron chi connectivity index (χ3n) is 2.90. The maximum atomic E-state index is 12.0. The van der Waals surface area contributed by atoms with Gasteiger partial charge in [-0.3, -0.25) is 9.48 Å². The normalized spacial score (nSPS) is 19.5. The number of nitrogen functional groups attached to an aromatic ring is 1. The number of aromatic nitrogens is 2. The fraction of sp³-hybridized carbons (Fsp3) is 0.636. The molecule has 0 bridgehead atoms. The first-order chi connectivity index (χ1) is 8.22. The lowest BCUT2D eigenvalue weighted by Gasteiger charge is -2.11. The number of hydrogen-bond acceptors (Lipinski definition) is 4. The fourth-order valence-electron chi connectivity index (χ4n) is 1.98. The zero-order valence-electron chi connectivity index (χ0n) is 9.98. The van der Waals surface area contributed by atoms with Crippen molar-refractivity contribution in [1.82, 2.24) is 15.1 Å². The predicted molar refractivity (Wildman–Crippen MR) is 63.6 cm³/mol. The fourth-order valence-corrected chi connectivity index (χ4v) is 1.98. The quantitative estimate of drug-likeness (QED) is 0.795. The molecule has 2 rings (SSSR count). The standard InChI is InChI=1S/C11H18N4O2/c1-2-15-10(9(12)7-14-15)11(16)13-6-8-4-3-5-17-8/h7-8H,2-6,12H2,1H3,(H,13,16). The van der Waals surface area contributed by atoms with Crippen molar-refractivity contribution in [2.24, 2.45) is 0 Å². The van der Waals surface area contributed by atoms with E-state index in [2.05, 4.69) is 10.4 Å². The topological polar surface area (TPSA) is 82.2 Å². The number of carbonyl (C=O) groups excluding carboxylic acids is 1. The Morgan fingerprint density at radius 2 is 2.59 bits per heavy atom. The van der Waals surface area contributed by atoms with Crippen molar-refractivity contribution in [2.75, 3.05) is 18.9 Å². The molecule has 1 aliphatic heterocycles. The molecule has 0 aromatic carbocycles. The summed E-state index contributed by atoms with van der Waals surface area (Å²) >= 11 is 0. The van der Waals surface area contributed by atoms with E-state index in [9.17, 15) is 4.79 Å². The summed E-state index contributed by atoms with van der Waals surface area (Å²) in [6, 6.07) is 0. The van der Waals surface area contributed by atoms with E-state index < -0.39 is 0 Å². The van der Waals surface area contributed by atoms with Gasteiger partial charge >= 0.3 is 0 Å². The Balaban J connectivity index is 1.96. The van der Waals surface area contributed by atoms with Crippen LogP contribution in [0.2, 0.25) is 0 Å². The number of nitrogens with zero attached hydrogens (tertiary/aromatic N) is 2. The van der Waals surface area contributed by atoms with Gasteiger partial charge in [0.2, 0.25) is 0 Å². The van der Waals surface area contributed by atoms with Crippen LogP contribution in [0.1, 0.15) is 30.3 Å². The van der Waals surface area contributed by atoms with Gasteiger partial charge in [-0.2, -0.15) is 5.10 Å². The number of hydrogen-bond donors (Lipinski definition) is 2. The van der Waals surface area contributed by atoms with Crippen LogP contribution in [0.5, 0.6) is 0 Å². The monoisotopic (exact) mass is 238 g/mol. The lowest BCUT2D eigenvalue weighted by Crippen LogP contribution is -2.33. The van der Waals surface area contributed by atoms with Crippen LogP contribution in [0.4, 0.5) is 5.69 Å². The minimum Gasteiger partial charge on any atom is -0.396 e. The van der Waals surface area contributed by atoms with Crippen molar-refractivity contribution in [2.45, 2.75) is 32.4 Å². The summed E-state index contributed by atoms with van der Waals surface area (Å²) in [6.45, 7) is 3.87. The second-order valence-corrected chi connectivity index (χ2v) is 4.11. The van der Waals surface area contributed by atoms with E-state index in [4.69, 9.17) is 10.5 Å². The van der Waals surface area contributed by atoms with Crippen molar-refractivity contribution in [3.63, 3.8) is 0 Å². The Bertz CT molecular complexity index is 396. The molecule has 1 saturated heterocycles. The van der Waals surface area contributed by atoms with Crippen LogP contribution < -0.4 is 11.1 Å². The van der Waals surface area contributed by atoms with E-state index in [0.29, 0.717) is 24.5 Å². The van der Waals surface area contributed by atoms with Crippen molar-refractivity contribution in [3.8, 4) is 0 Å². The average Bonchev–Trinajstić information content (AvgIpc) is 2.94. The third kappa shape index (κ3) is 2.58. The molecule has 6 nitrogen and oxygen atoms in total. The molecule has 1 unspecified atom stereocenters. The van der Waals surface area contributed by atoms with E-state index in [-0.39, 0.29) is 12.0 Å². The molecule has 94 valence electrons. The van der Waals surface area contributed by atoms with Crippen molar-refractivity contribution >= 4 is 11.6 Å². The van der Waals surface area contributed by atoms with Crippen LogP contribution >= 0.6 is 0 Å². The van der Waals surface area contributed by atoms with E-state index in [1.807, 2.05) is 6.92 Å². The largest absolute Gasteiger partial charge is 0.396 e. The lowest BCUT2D eigenvalue weighted by atomic mass is 10.2. The van der Waals surface area contributed by atoms with Gasteiger partial charge in [0.25, 0.3) is 5.91 Å². The highest BCUT2D eigenvalue weighted by Crippen LogP contribution is 2.13. The van der Waals surface area contributed by atoms with Gasteiger partial charge in [0.05, 0.1) is 18.0 Å². The number of nitrogens with one attached hydrogen (secondary N) is 1. The van der Waals surface area contributed by atoms with Crippen LogP contribution in [-0.2, 0) is 11.3 Å². The predicted octanol–water partition coefficient (Wildman–Crippen LogP) is 0.394. The minimum absolute atomic E-state index is 0.137. The van der Waals surface area contributed by atoms with Crippen LogP contribution in [-0.4, -0.2) is 34.9 Å². The average molecular weight is 238 g/mol. The van der Waals surface area contributed by atoms with Gasteiger partial charge in [0.1, 0.15) is 5.69 Å². The van der Waals surface area contributed by atoms with E-state index >= 15 is 0 Å². The van der Waals surface area contributed by atoms with E-state index in [1.165, 1.54) is 6.20 Å². The Kier molecular flexibility index (Phi) is 3.63. The highest BCUT2D eigenvalue weighted by atomic mass is 16.5. The van der Waals surface area contributed by atoms with Gasteiger partial charge in [-0.05, 0) is 19.8 Å². The summed E-state index contributed by atoms with van der Waals surface area (Å²) in [5, 5.41) is 6.87. The van der Waals surface area contributed by atoms with Crippen LogP contribution in [0.25, 0.3) is 0 Å². The molecule has 0 spiro atoms. The molecule has 6 heteroatoms. The molecule has 1 amide bonds. The first-order valence-corrected chi connectivity index (χ1v) is 5.93. The number of rotatable bonds is 4. The summed E-state index contributed by atoms with van der Waals surface area (Å²) in [5.74, 6) is -0.183. The minimum atomic E-state index is -0.183. The highest BCUT2D eigenvalue weighted by molar-refractivity contribution is 5.97. The number of anilines is 1. The third-order valence-corrected chi connectivity index (χ3v) is 2.90. The summed E-state index contributed by atoms with van der Waals surface area (Å²) in [5.41, 5.74) is 6.58. The second kappa shape index (κ2) is 5.18. The summed E-state index contributed by atoms with van der Waals surface area (Å²) < 4.78 is 7.04. The molecule has 0 radical (unpaired) electrons. The molecular formula is C11H18N4O2. The molecule has 17 heavy (non-hydrogen) atoms. The van der Waals surface area contributed by atoms with Gasteiger partial charge in [0.15, 0.2) is 0 Å². The molecule has 0 aliphatic carbocycles. The first kappa shape index (κ1) is 11.9. The van der Waals surface area contributed by atoms with E-state index in [0.717, 1.165) is 19.4 Å².